The molecule has 3 unspecified atom stereocenters. The van der Waals surface area contributed by atoms with Gasteiger partial charge in [-0.15, -0.1) is 0 Å². The third kappa shape index (κ3) is 18.9. The largest absolute Gasteiger partial charge is 0.494 e. The van der Waals surface area contributed by atoms with Gasteiger partial charge in [-0.25, -0.2) is 25.3 Å². The molecule has 6 saturated heterocycles. The Bertz CT molecular complexity index is 5000. The normalized spacial score (nSPS) is 21.9. The molecule has 6 aromatic carbocycles. The molecule has 9 aliphatic rings. The molecule has 6 aromatic rings. The smallest absolute Gasteiger partial charge is 0.300 e. The number of thioether (sulfide) groups is 3. The van der Waals surface area contributed by atoms with Crippen LogP contribution in [0.1, 0.15) is 63.6 Å². The summed E-state index contributed by atoms with van der Waals surface area (Å²) in [5.41, 5.74) is 5.31. The SMILES string of the molecule is CC(=O)O.CCOc1ccc(NC(=O)CN2C(=O)/C(=C3\SC(=S)N(C4CCS(=O)(=O)C4)C3=O)c3ccccc32)cc1.CCOc1ccc(NC(=O)CN2C(=O)/C(=C3\SC(=S)N(C4CCS(=O)(=O)C4)C3=O)c3ccccc32)cc1.CCOc1ccc(NC(=O)CN2C(=O)/C(=C3\SC(=S)N(C4CCS(=O)(=O)C4)C3=O)c3ccccc32)cc1. The topological polar surface area (TPSA) is 377 Å². The molecule has 9 aliphatic heterocycles. The number of hydrogen-bond donors (Lipinski definition) is 4. The highest BCUT2D eigenvalue weighted by Gasteiger charge is 2.51. The van der Waals surface area contributed by atoms with Gasteiger partial charge >= 0.3 is 0 Å². The Morgan fingerprint density at radius 2 is 0.635 bits per heavy atom. The van der Waals surface area contributed by atoms with E-state index in [0.717, 1.165) is 42.2 Å². The van der Waals surface area contributed by atoms with Crippen molar-refractivity contribution in [2.75, 3.05) is 105 Å². The van der Waals surface area contributed by atoms with Crippen LogP contribution in [0.4, 0.5) is 34.1 Å². The number of para-hydroxylation sites is 3. The zero-order valence-electron chi connectivity index (χ0n) is 61.8. The minimum Gasteiger partial charge on any atom is -0.494 e. The summed E-state index contributed by atoms with van der Waals surface area (Å²) >= 11 is 19.2. The van der Waals surface area contributed by atoms with Crippen molar-refractivity contribution >= 4 is 224 Å². The number of carbonyl (C=O) groups is 10. The average molecular weight is 1730 g/mol. The first-order valence-corrected chi connectivity index (χ1v) is 44.9. The molecule has 38 heteroatoms. The second-order valence-electron chi connectivity index (χ2n) is 26.7. The molecular formula is C77H73N9O20S9. The van der Waals surface area contributed by atoms with Crippen LogP contribution in [-0.2, 0) is 77.5 Å². The predicted octanol–water partition coefficient (Wildman–Crippen LogP) is 8.58. The van der Waals surface area contributed by atoms with Crippen LogP contribution in [0.5, 0.6) is 17.2 Å². The Hall–Kier alpha value is -10.2. The van der Waals surface area contributed by atoms with Crippen LogP contribution < -0.4 is 44.9 Å². The van der Waals surface area contributed by atoms with Crippen LogP contribution in [0.3, 0.4) is 0 Å². The van der Waals surface area contributed by atoms with E-state index < -0.39 is 107 Å². The van der Waals surface area contributed by atoms with Gasteiger partial charge in [-0.2, -0.15) is 0 Å². The van der Waals surface area contributed by atoms with E-state index in [4.69, 9.17) is 60.8 Å². The number of anilines is 6. The fraction of sp³-hybridized carbons (Fsp3) is 0.286. The number of carboxylic acid groups (broad SMARTS) is 1. The number of sulfone groups is 3. The van der Waals surface area contributed by atoms with Crippen LogP contribution in [0.25, 0.3) is 16.7 Å². The first-order valence-electron chi connectivity index (χ1n) is 35.8. The summed E-state index contributed by atoms with van der Waals surface area (Å²) in [6.45, 7) is 7.55. The van der Waals surface area contributed by atoms with Crippen molar-refractivity contribution in [2.45, 2.75) is 65.1 Å². The molecule has 29 nitrogen and oxygen atoms in total. The van der Waals surface area contributed by atoms with E-state index in [-0.39, 0.29) is 98.5 Å². The number of benzene rings is 6. The maximum absolute atomic E-state index is 13.6. The number of nitrogens with zero attached hydrogens (tertiary/aromatic N) is 6. The number of hydrogen-bond acceptors (Lipinski definition) is 25. The summed E-state index contributed by atoms with van der Waals surface area (Å²) < 4.78 is 88.8. The molecule has 0 spiro atoms. The van der Waals surface area contributed by atoms with Crippen molar-refractivity contribution in [1.29, 1.82) is 0 Å². The molecule has 115 heavy (non-hydrogen) atoms. The Morgan fingerprint density at radius 1 is 0.400 bits per heavy atom. The Morgan fingerprint density at radius 3 is 0.852 bits per heavy atom. The fourth-order valence-electron chi connectivity index (χ4n) is 13.9. The van der Waals surface area contributed by atoms with E-state index in [1.165, 1.54) is 29.4 Å². The van der Waals surface area contributed by atoms with Gasteiger partial charge < -0.3 is 35.3 Å². The molecular weight excluding hydrogens is 1660 g/mol. The Kier molecular flexibility index (Phi) is 26.0. The van der Waals surface area contributed by atoms with Gasteiger partial charge in [0.1, 0.15) is 49.8 Å². The highest BCUT2D eigenvalue weighted by Crippen LogP contribution is 2.49. The van der Waals surface area contributed by atoms with E-state index in [0.29, 0.717) is 107 Å². The number of nitrogens with one attached hydrogen (secondary N) is 3. The highest BCUT2D eigenvalue weighted by molar-refractivity contribution is 8.27. The van der Waals surface area contributed by atoms with Crippen LogP contribution >= 0.6 is 71.9 Å². The van der Waals surface area contributed by atoms with Gasteiger partial charge in [-0.05, 0) is 131 Å². The number of thiocarbonyl (C=S) groups is 3. The quantitative estimate of drug-likeness (QED) is 0.0462. The molecule has 6 fully saturated rings. The standard InChI is InChI=1S/3C25H23N3O6S3.C2H4O2/c3*1-2-34-17-9-7-15(8-10-17)26-20(29)13-27-19-6-4-3-5-18(19)21(23(27)30)22-24(31)28(25(35)36-22)16-11-12-37(32,33)14-16;1-2(3)4/h3*3-10,16H,2,11-14H2,1H3,(H,26,29);1H3,(H,3,4)/b3*22-21-;. The zero-order chi connectivity index (χ0) is 82.5. The summed E-state index contributed by atoms with van der Waals surface area (Å²) in [6, 6.07) is 39.9. The molecule has 0 bridgehead atoms. The van der Waals surface area contributed by atoms with Gasteiger partial charge in [0, 0.05) is 40.7 Å². The number of carboxylic acids is 1. The molecule has 0 aliphatic carbocycles. The van der Waals surface area contributed by atoms with E-state index >= 15 is 0 Å². The Labute approximate surface area is 690 Å². The first-order chi connectivity index (χ1) is 54.8. The monoisotopic (exact) mass is 1730 g/mol. The lowest BCUT2D eigenvalue weighted by Crippen LogP contribution is -2.39. The van der Waals surface area contributed by atoms with Crippen LogP contribution in [0, 0.1) is 0 Å². The molecule has 4 N–H and O–H groups in total. The van der Waals surface area contributed by atoms with Crippen LogP contribution in [0.15, 0.2) is 160 Å². The second kappa shape index (κ2) is 35.5. The Balaban J connectivity index is 0.000000155. The number of amides is 9. The van der Waals surface area contributed by atoms with Crippen molar-refractivity contribution in [1.82, 2.24) is 14.7 Å². The van der Waals surface area contributed by atoms with E-state index in [9.17, 15) is 68.4 Å². The maximum Gasteiger partial charge on any atom is 0.300 e. The van der Waals surface area contributed by atoms with Gasteiger partial charge in [-0.3, -0.25) is 77.3 Å². The minimum atomic E-state index is -3.23. The molecule has 0 aromatic heterocycles. The lowest BCUT2D eigenvalue weighted by molar-refractivity contribution is -0.134. The van der Waals surface area contributed by atoms with Crippen LogP contribution in [-0.4, -0.2) is 209 Å². The lowest BCUT2D eigenvalue weighted by atomic mass is 10.1. The van der Waals surface area contributed by atoms with Gasteiger partial charge in [0.05, 0.1) is 121 Å². The summed E-state index contributed by atoms with van der Waals surface area (Å²) in [5.74, 6) is -3.33. The third-order valence-corrected chi connectivity index (χ3v) is 28.3. The molecule has 0 saturated carbocycles. The molecule has 9 amide bonds. The van der Waals surface area contributed by atoms with Crippen molar-refractivity contribution in [2.24, 2.45) is 0 Å². The minimum absolute atomic E-state index is 0.000357. The fourth-order valence-corrected chi connectivity index (χ4v) is 23.4. The maximum atomic E-state index is 13.6. The number of fused-ring (bicyclic) bond motifs is 3. The summed E-state index contributed by atoms with van der Waals surface area (Å²) in [5, 5.41) is 15.8. The zero-order valence-corrected chi connectivity index (χ0v) is 69.1. The van der Waals surface area contributed by atoms with Crippen LogP contribution in [0.2, 0.25) is 0 Å². The lowest BCUT2D eigenvalue weighted by Gasteiger charge is -2.21. The number of carbonyl (C=O) groups excluding carboxylic acids is 9. The second-order valence-corrected chi connectivity index (χ2v) is 38.3. The summed E-state index contributed by atoms with van der Waals surface area (Å²) in [6.07, 6.45) is 0.916. The van der Waals surface area contributed by atoms with Gasteiger partial charge in [0.25, 0.3) is 41.4 Å². The number of ether oxygens (including phenoxy) is 3. The molecule has 15 rings (SSSR count). The van der Waals surface area contributed by atoms with Crippen molar-refractivity contribution in [3.8, 4) is 17.2 Å². The predicted molar refractivity (Wildman–Crippen MR) is 451 cm³/mol. The summed E-state index contributed by atoms with van der Waals surface area (Å²) in [4.78, 5) is 137. The number of rotatable bonds is 18. The van der Waals surface area contributed by atoms with E-state index in [1.807, 2.05) is 20.8 Å². The van der Waals surface area contributed by atoms with Gasteiger partial charge in [-0.1, -0.05) is 127 Å². The summed E-state index contributed by atoms with van der Waals surface area (Å²) in [7, 11) is -9.70. The number of aliphatic carboxylic acids is 1. The van der Waals surface area contributed by atoms with Crippen molar-refractivity contribution in [3.05, 3.63) is 177 Å². The average Bonchev–Trinajstić information content (AvgIpc) is 1.60. The van der Waals surface area contributed by atoms with Crippen molar-refractivity contribution < 1.29 is 92.5 Å². The molecule has 0 radical (unpaired) electrons. The van der Waals surface area contributed by atoms with Gasteiger partial charge in [0.15, 0.2) is 29.5 Å². The van der Waals surface area contributed by atoms with E-state index in [2.05, 4.69) is 16.0 Å². The van der Waals surface area contributed by atoms with E-state index in [1.54, 1.807) is 146 Å². The molecule has 9 heterocycles. The van der Waals surface area contributed by atoms with Crippen molar-refractivity contribution in [3.63, 3.8) is 0 Å². The molecule has 3 atom stereocenters. The first kappa shape index (κ1) is 84.2. The van der Waals surface area contributed by atoms with Gasteiger partial charge in [0.2, 0.25) is 17.7 Å². The highest BCUT2D eigenvalue weighted by atomic mass is 32.2. The third-order valence-electron chi connectivity index (χ3n) is 18.8. The molecule has 600 valence electrons.